The number of nitrogens with one attached hydrogen (secondary N) is 1. The molecule has 1 fully saturated rings. The molecule has 0 aliphatic carbocycles. The van der Waals surface area contributed by atoms with Crippen LogP contribution in [0.5, 0.6) is 0 Å². The molecule has 0 bridgehead atoms. The third-order valence-corrected chi connectivity index (χ3v) is 4.50. The van der Waals surface area contributed by atoms with Crippen LogP contribution in [0.15, 0.2) is 15.9 Å². The Balaban J connectivity index is 2.03. The van der Waals surface area contributed by atoms with Gasteiger partial charge in [-0.15, -0.1) is 11.3 Å². The number of hydrogen-bond donors (Lipinski definition) is 1. The Kier molecular flexibility index (Phi) is 3.60. The summed E-state index contributed by atoms with van der Waals surface area (Å²) in [6.07, 6.45) is 0. The Hall–Kier alpha value is 0.1000. The lowest BCUT2D eigenvalue weighted by Crippen LogP contribution is -2.44. The van der Waals surface area contributed by atoms with E-state index in [1.807, 2.05) is 11.3 Å². The van der Waals surface area contributed by atoms with Gasteiger partial charge in [0.05, 0.1) is 3.79 Å². The summed E-state index contributed by atoms with van der Waals surface area (Å²) >= 11 is 5.36. The van der Waals surface area contributed by atoms with Crippen molar-refractivity contribution in [1.29, 1.82) is 0 Å². The Labute approximate surface area is 97.4 Å². The SMILES string of the molecule is CC(c1ccc(Br)s1)N1CCNCC1. The van der Waals surface area contributed by atoms with Gasteiger partial charge in [0.15, 0.2) is 0 Å². The maximum Gasteiger partial charge on any atom is 0.0701 e. The van der Waals surface area contributed by atoms with Gasteiger partial charge < -0.3 is 5.32 Å². The topological polar surface area (TPSA) is 15.3 Å². The van der Waals surface area contributed by atoms with Gasteiger partial charge >= 0.3 is 0 Å². The molecule has 0 spiro atoms. The van der Waals surface area contributed by atoms with E-state index in [0.717, 1.165) is 26.2 Å². The monoisotopic (exact) mass is 274 g/mol. The molecule has 1 aromatic rings. The molecule has 0 radical (unpaired) electrons. The molecule has 0 saturated carbocycles. The van der Waals surface area contributed by atoms with Gasteiger partial charge in [-0.25, -0.2) is 0 Å². The summed E-state index contributed by atoms with van der Waals surface area (Å²) in [5, 5.41) is 3.38. The zero-order valence-electron chi connectivity index (χ0n) is 8.29. The fourth-order valence-electron chi connectivity index (χ4n) is 1.80. The molecule has 14 heavy (non-hydrogen) atoms. The van der Waals surface area contributed by atoms with E-state index in [1.165, 1.54) is 8.66 Å². The predicted octanol–water partition coefficient (Wildman–Crippen LogP) is 2.48. The van der Waals surface area contributed by atoms with Crippen molar-refractivity contribution < 1.29 is 0 Å². The predicted molar refractivity (Wildman–Crippen MR) is 64.9 cm³/mol. The van der Waals surface area contributed by atoms with Crippen LogP contribution in [0.25, 0.3) is 0 Å². The summed E-state index contributed by atoms with van der Waals surface area (Å²) in [6, 6.07) is 4.92. The summed E-state index contributed by atoms with van der Waals surface area (Å²) in [4.78, 5) is 3.99. The summed E-state index contributed by atoms with van der Waals surface area (Å²) in [7, 11) is 0. The second-order valence-corrected chi connectivity index (χ2v) is 6.10. The number of rotatable bonds is 2. The van der Waals surface area contributed by atoms with Gasteiger partial charge in [-0.3, -0.25) is 4.90 Å². The van der Waals surface area contributed by atoms with Crippen molar-refractivity contribution in [2.45, 2.75) is 13.0 Å². The molecule has 1 aliphatic rings. The smallest absolute Gasteiger partial charge is 0.0701 e. The molecule has 1 saturated heterocycles. The fraction of sp³-hybridized carbons (Fsp3) is 0.600. The minimum atomic E-state index is 0.563. The highest BCUT2D eigenvalue weighted by Gasteiger charge is 2.18. The molecular formula is C10H15BrN2S. The Morgan fingerprint density at radius 1 is 1.43 bits per heavy atom. The molecule has 4 heteroatoms. The van der Waals surface area contributed by atoms with Crippen LogP contribution in [0.2, 0.25) is 0 Å². The van der Waals surface area contributed by atoms with Crippen molar-refractivity contribution in [2.24, 2.45) is 0 Å². The minimum absolute atomic E-state index is 0.563. The van der Waals surface area contributed by atoms with E-state index in [1.54, 1.807) is 0 Å². The normalized spacial score (nSPS) is 21.0. The van der Waals surface area contributed by atoms with Crippen molar-refractivity contribution in [2.75, 3.05) is 26.2 Å². The highest BCUT2D eigenvalue weighted by atomic mass is 79.9. The van der Waals surface area contributed by atoms with Crippen LogP contribution in [0.1, 0.15) is 17.8 Å². The van der Waals surface area contributed by atoms with Crippen LogP contribution in [-0.2, 0) is 0 Å². The first-order chi connectivity index (χ1) is 6.77. The summed E-state index contributed by atoms with van der Waals surface area (Å²) in [5.74, 6) is 0. The van der Waals surface area contributed by atoms with Crippen LogP contribution in [0.3, 0.4) is 0 Å². The van der Waals surface area contributed by atoms with Crippen LogP contribution < -0.4 is 5.32 Å². The molecule has 2 heterocycles. The van der Waals surface area contributed by atoms with E-state index in [9.17, 15) is 0 Å². The zero-order chi connectivity index (χ0) is 9.97. The first-order valence-corrected chi connectivity index (χ1v) is 6.58. The van der Waals surface area contributed by atoms with Crippen molar-refractivity contribution in [3.8, 4) is 0 Å². The molecule has 1 atom stereocenters. The number of nitrogens with zero attached hydrogens (tertiary/aromatic N) is 1. The van der Waals surface area contributed by atoms with E-state index in [-0.39, 0.29) is 0 Å². The first-order valence-electron chi connectivity index (χ1n) is 4.97. The Morgan fingerprint density at radius 2 is 2.14 bits per heavy atom. The number of hydrogen-bond acceptors (Lipinski definition) is 3. The molecule has 2 rings (SSSR count). The van der Waals surface area contributed by atoms with E-state index in [4.69, 9.17) is 0 Å². The number of piperazine rings is 1. The van der Waals surface area contributed by atoms with E-state index >= 15 is 0 Å². The summed E-state index contributed by atoms with van der Waals surface area (Å²) in [6.45, 7) is 6.87. The second kappa shape index (κ2) is 4.75. The van der Waals surface area contributed by atoms with Crippen molar-refractivity contribution in [3.05, 3.63) is 20.8 Å². The largest absolute Gasteiger partial charge is 0.314 e. The highest BCUT2D eigenvalue weighted by Crippen LogP contribution is 2.30. The van der Waals surface area contributed by atoms with Crippen molar-refractivity contribution >= 4 is 27.3 Å². The quantitative estimate of drug-likeness (QED) is 0.892. The molecule has 2 nitrogen and oxygen atoms in total. The molecule has 1 N–H and O–H groups in total. The molecule has 1 aromatic heterocycles. The van der Waals surface area contributed by atoms with Gasteiger partial charge in [-0.1, -0.05) is 0 Å². The lowest BCUT2D eigenvalue weighted by atomic mass is 10.2. The fourth-order valence-corrected chi connectivity index (χ4v) is 3.31. The van der Waals surface area contributed by atoms with Gasteiger partial charge in [0.2, 0.25) is 0 Å². The first kappa shape index (κ1) is 10.6. The van der Waals surface area contributed by atoms with Crippen LogP contribution >= 0.6 is 27.3 Å². The third kappa shape index (κ3) is 2.37. The highest BCUT2D eigenvalue weighted by molar-refractivity contribution is 9.11. The van der Waals surface area contributed by atoms with E-state index in [0.29, 0.717) is 6.04 Å². The van der Waals surface area contributed by atoms with E-state index < -0.39 is 0 Å². The van der Waals surface area contributed by atoms with Gasteiger partial charge in [0.1, 0.15) is 0 Å². The minimum Gasteiger partial charge on any atom is -0.314 e. The molecule has 0 aromatic carbocycles. The van der Waals surface area contributed by atoms with Crippen molar-refractivity contribution in [3.63, 3.8) is 0 Å². The van der Waals surface area contributed by atoms with Crippen LogP contribution in [0.4, 0.5) is 0 Å². The molecule has 1 aliphatic heterocycles. The summed E-state index contributed by atoms with van der Waals surface area (Å²) in [5.41, 5.74) is 0. The molecule has 78 valence electrons. The Morgan fingerprint density at radius 3 is 2.71 bits per heavy atom. The average Bonchev–Trinajstić information content (AvgIpc) is 2.65. The number of thiophene rings is 1. The zero-order valence-corrected chi connectivity index (χ0v) is 10.7. The van der Waals surface area contributed by atoms with Gasteiger partial charge in [0, 0.05) is 37.1 Å². The second-order valence-electron chi connectivity index (χ2n) is 3.60. The van der Waals surface area contributed by atoms with E-state index in [2.05, 4.69) is 45.2 Å². The molecular weight excluding hydrogens is 260 g/mol. The van der Waals surface area contributed by atoms with Gasteiger partial charge in [-0.05, 0) is 35.0 Å². The average molecular weight is 275 g/mol. The van der Waals surface area contributed by atoms with Gasteiger partial charge in [0.25, 0.3) is 0 Å². The maximum absolute atomic E-state index is 3.51. The lowest BCUT2D eigenvalue weighted by Gasteiger charge is -2.32. The van der Waals surface area contributed by atoms with Crippen LogP contribution in [-0.4, -0.2) is 31.1 Å². The molecule has 1 unspecified atom stereocenters. The van der Waals surface area contributed by atoms with Crippen molar-refractivity contribution in [1.82, 2.24) is 10.2 Å². The standard InChI is InChI=1S/C10H15BrN2S/c1-8(9-2-3-10(11)14-9)13-6-4-12-5-7-13/h2-3,8,12H,4-7H2,1H3. The maximum atomic E-state index is 3.51. The molecule has 0 amide bonds. The van der Waals surface area contributed by atoms with Gasteiger partial charge in [-0.2, -0.15) is 0 Å². The van der Waals surface area contributed by atoms with Crippen LogP contribution in [0, 0.1) is 0 Å². The Bertz CT molecular complexity index is 294. The lowest BCUT2D eigenvalue weighted by molar-refractivity contribution is 0.188. The number of halogens is 1. The summed E-state index contributed by atoms with van der Waals surface area (Å²) < 4.78 is 1.23. The third-order valence-electron chi connectivity index (χ3n) is 2.71.